The van der Waals surface area contributed by atoms with E-state index < -0.39 is 16.1 Å². The average Bonchev–Trinajstić information content (AvgIpc) is 2.33. The molecular formula is C11H15BrClN3O3S. The second-order valence-corrected chi connectivity index (χ2v) is 6.90. The molecule has 0 saturated carbocycles. The van der Waals surface area contributed by atoms with Gasteiger partial charge in [0.25, 0.3) is 10.0 Å². The summed E-state index contributed by atoms with van der Waals surface area (Å²) in [5.41, 5.74) is 5.79. The number of nitrogens with one attached hydrogen (secondary N) is 2. The molecule has 0 aliphatic heterocycles. The lowest BCUT2D eigenvalue weighted by Gasteiger charge is -2.11. The highest BCUT2D eigenvalue weighted by atomic mass is 79.9. The Balaban J connectivity index is 2.92. The summed E-state index contributed by atoms with van der Waals surface area (Å²) < 4.78 is 26.2. The number of rotatable bonds is 5. The molecule has 0 spiro atoms. The van der Waals surface area contributed by atoms with Gasteiger partial charge in [0.2, 0.25) is 0 Å². The zero-order chi connectivity index (χ0) is 15.3. The number of halogens is 2. The highest BCUT2D eigenvalue weighted by Gasteiger charge is 2.22. The number of urea groups is 1. The molecule has 2 amide bonds. The molecule has 4 N–H and O–H groups in total. The van der Waals surface area contributed by atoms with Gasteiger partial charge < -0.3 is 11.1 Å². The smallest absolute Gasteiger partial charge is 0.328 e. The van der Waals surface area contributed by atoms with E-state index in [0.717, 1.165) is 12.8 Å². The molecule has 20 heavy (non-hydrogen) atoms. The van der Waals surface area contributed by atoms with Gasteiger partial charge in [0.1, 0.15) is 4.90 Å². The molecule has 0 aliphatic rings. The van der Waals surface area contributed by atoms with Crippen molar-refractivity contribution >= 4 is 49.3 Å². The van der Waals surface area contributed by atoms with Gasteiger partial charge in [0.05, 0.1) is 4.47 Å². The molecule has 0 atom stereocenters. The van der Waals surface area contributed by atoms with Crippen LogP contribution in [0.3, 0.4) is 0 Å². The maximum absolute atomic E-state index is 12.1. The van der Waals surface area contributed by atoms with E-state index in [1.54, 1.807) is 0 Å². The minimum atomic E-state index is -4.05. The SMILES string of the molecule is CCCCNC(=O)NS(=O)(=O)c1cc(Cl)cc(N)c1Br. The molecule has 0 saturated heterocycles. The third kappa shape index (κ3) is 4.53. The minimum Gasteiger partial charge on any atom is -0.398 e. The van der Waals surface area contributed by atoms with Gasteiger partial charge in [-0.1, -0.05) is 24.9 Å². The molecule has 0 aliphatic carbocycles. The number of amides is 2. The normalized spacial score (nSPS) is 11.2. The van der Waals surface area contributed by atoms with Crippen LogP contribution >= 0.6 is 27.5 Å². The lowest BCUT2D eigenvalue weighted by Crippen LogP contribution is -2.39. The molecule has 0 heterocycles. The molecule has 6 nitrogen and oxygen atoms in total. The van der Waals surface area contributed by atoms with E-state index in [0.29, 0.717) is 6.54 Å². The molecule has 112 valence electrons. The number of nitrogens with two attached hydrogens (primary N) is 1. The molecular weight excluding hydrogens is 370 g/mol. The van der Waals surface area contributed by atoms with Crippen molar-refractivity contribution in [3.8, 4) is 0 Å². The molecule has 0 aromatic heterocycles. The van der Waals surface area contributed by atoms with Gasteiger partial charge in [-0.2, -0.15) is 0 Å². The van der Waals surface area contributed by atoms with E-state index >= 15 is 0 Å². The molecule has 0 bridgehead atoms. The zero-order valence-corrected chi connectivity index (χ0v) is 13.9. The monoisotopic (exact) mass is 383 g/mol. The number of anilines is 1. The summed E-state index contributed by atoms with van der Waals surface area (Å²) in [5, 5.41) is 2.61. The number of carbonyl (C=O) groups is 1. The predicted octanol–water partition coefficient (Wildman–Crippen LogP) is 2.47. The Morgan fingerprint density at radius 2 is 2.10 bits per heavy atom. The van der Waals surface area contributed by atoms with Crippen LogP contribution in [0, 0.1) is 0 Å². The second kappa shape index (κ2) is 7.14. The minimum absolute atomic E-state index is 0.163. The fourth-order valence-electron chi connectivity index (χ4n) is 1.37. The average molecular weight is 385 g/mol. The Kier molecular flexibility index (Phi) is 6.09. The summed E-state index contributed by atoms with van der Waals surface area (Å²) in [5.74, 6) is 0. The van der Waals surface area contributed by atoms with E-state index in [1.807, 2.05) is 11.6 Å². The first kappa shape index (κ1) is 17.1. The van der Waals surface area contributed by atoms with E-state index in [4.69, 9.17) is 17.3 Å². The maximum atomic E-state index is 12.1. The van der Waals surface area contributed by atoms with Crippen molar-refractivity contribution in [2.75, 3.05) is 12.3 Å². The van der Waals surface area contributed by atoms with Gasteiger partial charge in [-0.05, 0) is 34.5 Å². The van der Waals surface area contributed by atoms with Crippen LogP contribution in [0.1, 0.15) is 19.8 Å². The first-order valence-electron chi connectivity index (χ1n) is 5.83. The predicted molar refractivity (Wildman–Crippen MR) is 82.2 cm³/mol. The quantitative estimate of drug-likeness (QED) is 0.536. The Morgan fingerprint density at radius 1 is 1.45 bits per heavy atom. The van der Waals surface area contributed by atoms with Crippen molar-refractivity contribution in [1.82, 2.24) is 10.0 Å². The third-order valence-corrected chi connectivity index (χ3v) is 5.09. The summed E-state index contributed by atoms with van der Waals surface area (Å²) in [4.78, 5) is 11.3. The number of unbranched alkanes of at least 4 members (excludes halogenated alkanes) is 1. The highest BCUT2D eigenvalue weighted by molar-refractivity contribution is 9.10. The van der Waals surface area contributed by atoms with Crippen LogP contribution in [0.2, 0.25) is 5.02 Å². The molecule has 1 rings (SSSR count). The van der Waals surface area contributed by atoms with Crippen molar-refractivity contribution < 1.29 is 13.2 Å². The van der Waals surface area contributed by atoms with E-state index in [1.165, 1.54) is 12.1 Å². The fourth-order valence-corrected chi connectivity index (χ4v) is 3.59. The number of nitrogen functional groups attached to an aromatic ring is 1. The number of hydrogen-bond acceptors (Lipinski definition) is 4. The number of benzene rings is 1. The third-order valence-electron chi connectivity index (χ3n) is 2.36. The first-order valence-corrected chi connectivity index (χ1v) is 8.48. The van der Waals surface area contributed by atoms with Crippen LogP contribution in [-0.4, -0.2) is 21.0 Å². The fraction of sp³-hybridized carbons (Fsp3) is 0.364. The molecule has 0 radical (unpaired) electrons. The van der Waals surface area contributed by atoms with Crippen molar-refractivity contribution in [3.05, 3.63) is 21.6 Å². The van der Waals surface area contributed by atoms with Crippen LogP contribution in [0.4, 0.5) is 10.5 Å². The Bertz CT molecular complexity index is 607. The summed E-state index contributed by atoms with van der Waals surface area (Å²) in [6.07, 6.45) is 1.66. The van der Waals surface area contributed by atoms with Crippen molar-refractivity contribution in [1.29, 1.82) is 0 Å². The van der Waals surface area contributed by atoms with Gasteiger partial charge in [-0.15, -0.1) is 0 Å². The number of sulfonamides is 1. The van der Waals surface area contributed by atoms with E-state index in [9.17, 15) is 13.2 Å². The molecule has 1 aromatic rings. The van der Waals surface area contributed by atoms with E-state index in [-0.39, 0.29) is 20.1 Å². The highest BCUT2D eigenvalue weighted by Crippen LogP contribution is 2.31. The Hall–Kier alpha value is -0.990. The second-order valence-electron chi connectivity index (χ2n) is 4.02. The van der Waals surface area contributed by atoms with Gasteiger partial charge in [0.15, 0.2) is 0 Å². The van der Waals surface area contributed by atoms with Gasteiger partial charge >= 0.3 is 6.03 Å². The Labute approximate surface area is 131 Å². The van der Waals surface area contributed by atoms with Crippen LogP contribution in [0.25, 0.3) is 0 Å². The van der Waals surface area contributed by atoms with Gasteiger partial charge in [-0.3, -0.25) is 0 Å². The molecule has 0 fully saturated rings. The standard InChI is InChI=1S/C11H15BrClN3O3S/c1-2-3-4-15-11(17)16-20(18,19)9-6-7(13)5-8(14)10(9)12/h5-6H,2-4,14H2,1H3,(H2,15,16,17). The lowest BCUT2D eigenvalue weighted by atomic mass is 10.3. The van der Waals surface area contributed by atoms with Crippen LogP contribution < -0.4 is 15.8 Å². The molecule has 9 heteroatoms. The van der Waals surface area contributed by atoms with Crippen molar-refractivity contribution in [2.45, 2.75) is 24.7 Å². The topological polar surface area (TPSA) is 101 Å². The summed E-state index contributed by atoms with van der Waals surface area (Å²) in [6.45, 7) is 2.36. The van der Waals surface area contributed by atoms with Gasteiger partial charge in [0, 0.05) is 17.3 Å². The summed E-state index contributed by atoms with van der Waals surface area (Å²) in [6, 6.07) is 1.83. The largest absolute Gasteiger partial charge is 0.398 e. The van der Waals surface area contributed by atoms with Crippen LogP contribution in [0.15, 0.2) is 21.5 Å². The van der Waals surface area contributed by atoms with Crippen molar-refractivity contribution in [3.63, 3.8) is 0 Å². The lowest BCUT2D eigenvalue weighted by molar-refractivity contribution is 0.245. The van der Waals surface area contributed by atoms with Crippen molar-refractivity contribution in [2.24, 2.45) is 0 Å². The Morgan fingerprint density at radius 3 is 2.70 bits per heavy atom. The summed E-state index contributed by atoms with van der Waals surface area (Å²) in [7, 11) is -4.05. The van der Waals surface area contributed by atoms with Gasteiger partial charge in [-0.25, -0.2) is 17.9 Å². The number of carbonyl (C=O) groups excluding carboxylic acids is 1. The van der Waals surface area contributed by atoms with E-state index in [2.05, 4.69) is 21.2 Å². The zero-order valence-electron chi connectivity index (χ0n) is 10.7. The maximum Gasteiger partial charge on any atom is 0.328 e. The molecule has 1 aromatic carbocycles. The van der Waals surface area contributed by atoms with Crippen LogP contribution in [-0.2, 0) is 10.0 Å². The van der Waals surface area contributed by atoms with Crippen LogP contribution in [0.5, 0.6) is 0 Å². The number of hydrogen-bond donors (Lipinski definition) is 3. The summed E-state index contributed by atoms with van der Waals surface area (Å²) >= 11 is 8.84. The molecule has 0 unspecified atom stereocenters. The first-order chi connectivity index (χ1) is 9.27.